The third kappa shape index (κ3) is 1.80. The first-order valence-corrected chi connectivity index (χ1v) is 6.91. The van der Waals surface area contributed by atoms with E-state index in [0.29, 0.717) is 12.0 Å². The van der Waals surface area contributed by atoms with E-state index in [2.05, 4.69) is 5.32 Å². The topological polar surface area (TPSA) is 49.4 Å². The fraction of sp³-hybridized carbons (Fsp3) is 0.467. The summed E-state index contributed by atoms with van der Waals surface area (Å²) < 4.78 is 13.9. The second kappa shape index (κ2) is 4.58. The first-order chi connectivity index (χ1) is 9.50. The number of imide groups is 1. The molecule has 0 aromatic heterocycles. The van der Waals surface area contributed by atoms with Crippen molar-refractivity contribution in [3.05, 3.63) is 35.1 Å². The highest BCUT2D eigenvalue weighted by atomic mass is 19.1. The molecule has 1 aliphatic carbocycles. The third-order valence-corrected chi connectivity index (χ3v) is 4.31. The zero-order valence-electron chi connectivity index (χ0n) is 11.5. The Morgan fingerprint density at radius 3 is 2.70 bits per heavy atom. The predicted molar refractivity (Wildman–Crippen MR) is 71.5 cm³/mol. The molecule has 4 nitrogen and oxygen atoms in total. The number of hydrogen-bond acceptors (Lipinski definition) is 2. The second-order valence-corrected chi connectivity index (χ2v) is 5.65. The van der Waals surface area contributed by atoms with Crippen LogP contribution in [-0.2, 0) is 11.2 Å². The van der Waals surface area contributed by atoms with Gasteiger partial charge in [0.05, 0.1) is 6.04 Å². The average molecular weight is 276 g/mol. The summed E-state index contributed by atoms with van der Waals surface area (Å²) in [6, 6.07) is 3.64. The number of amides is 3. The highest BCUT2D eigenvalue weighted by Crippen LogP contribution is 2.40. The standard InChI is InChI=1S/C15H17FN2O2/c1-8-6-7-10-11(4-3-5-12(10)16)13(8)18-14(19)9(2)17-15(18)20/h3-5,8-9,13H,6-7H2,1-2H3,(H,17,20)/t8-,9+,13+/m1/s1. The van der Waals surface area contributed by atoms with Gasteiger partial charge in [-0.15, -0.1) is 0 Å². The number of urea groups is 1. The molecule has 2 aliphatic rings. The maximum absolute atomic E-state index is 13.9. The van der Waals surface area contributed by atoms with E-state index in [1.54, 1.807) is 13.0 Å². The number of hydrogen-bond donors (Lipinski definition) is 1. The summed E-state index contributed by atoms with van der Waals surface area (Å²) in [5, 5.41) is 2.62. The number of benzene rings is 1. The molecule has 1 saturated heterocycles. The predicted octanol–water partition coefficient (Wildman–Crippen LogP) is 2.39. The fourth-order valence-corrected chi connectivity index (χ4v) is 3.23. The summed E-state index contributed by atoms with van der Waals surface area (Å²) in [7, 11) is 0. The van der Waals surface area contributed by atoms with Crippen LogP contribution in [0.15, 0.2) is 18.2 Å². The summed E-state index contributed by atoms with van der Waals surface area (Å²) in [5.74, 6) is -0.354. The lowest BCUT2D eigenvalue weighted by Gasteiger charge is -2.36. The van der Waals surface area contributed by atoms with Crippen LogP contribution < -0.4 is 5.32 Å². The van der Waals surface area contributed by atoms with Crippen LogP contribution in [0.1, 0.15) is 37.4 Å². The second-order valence-electron chi connectivity index (χ2n) is 5.65. The molecule has 3 atom stereocenters. The molecule has 0 radical (unpaired) electrons. The van der Waals surface area contributed by atoms with Crippen molar-refractivity contribution in [1.82, 2.24) is 10.2 Å². The summed E-state index contributed by atoms with van der Waals surface area (Å²) in [4.78, 5) is 25.5. The van der Waals surface area contributed by atoms with Gasteiger partial charge in [0, 0.05) is 0 Å². The zero-order valence-corrected chi connectivity index (χ0v) is 11.5. The van der Waals surface area contributed by atoms with Crippen LogP contribution in [0.3, 0.4) is 0 Å². The number of fused-ring (bicyclic) bond motifs is 1. The van der Waals surface area contributed by atoms with E-state index < -0.39 is 6.04 Å². The van der Waals surface area contributed by atoms with Gasteiger partial charge in [-0.25, -0.2) is 9.18 Å². The molecule has 1 aromatic carbocycles. The first kappa shape index (κ1) is 13.1. The molecule has 20 heavy (non-hydrogen) atoms. The Bertz CT molecular complexity index is 587. The fourth-order valence-electron chi connectivity index (χ4n) is 3.23. The molecule has 1 aromatic rings. The summed E-state index contributed by atoms with van der Waals surface area (Å²) in [5.41, 5.74) is 1.40. The molecule has 106 valence electrons. The minimum absolute atomic E-state index is 0.129. The van der Waals surface area contributed by atoms with E-state index >= 15 is 0 Å². The smallest absolute Gasteiger partial charge is 0.325 e. The Kier molecular flexibility index (Phi) is 3.00. The van der Waals surface area contributed by atoms with Crippen molar-refractivity contribution >= 4 is 11.9 Å². The van der Waals surface area contributed by atoms with Gasteiger partial charge in [-0.05, 0) is 42.9 Å². The van der Waals surface area contributed by atoms with Crippen molar-refractivity contribution in [2.24, 2.45) is 5.92 Å². The molecule has 1 heterocycles. The van der Waals surface area contributed by atoms with Gasteiger partial charge >= 0.3 is 6.03 Å². The molecule has 3 amide bonds. The largest absolute Gasteiger partial charge is 0.326 e. The zero-order chi connectivity index (χ0) is 14.4. The normalized spacial score (nSPS) is 29.4. The van der Waals surface area contributed by atoms with Crippen molar-refractivity contribution in [1.29, 1.82) is 0 Å². The monoisotopic (exact) mass is 276 g/mol. The summed E-state index contributed by atoms with van der Waals surface area (Å²) in [6.45, 7) is 3.67. The summed E-state index contributed by atoms with van der Waals surface area (Å²) >= 11 is 0. The number of halogens is 1. The van der Waals surface area contributed by atoms with Crippen LogP contribution in [0.25, 0.3) is 0 Å². The molecule has 0 spiro atoms. The number of rotatable bonds is 1. The van der Waals surface area contributed by atoms with Crippen molar-refractivity contribution in [2.75, 3.05) is 0 Å². The molecule has 0 unspecified atom stereocenters. The van der Waals surface area contributed by atoms with Gasteiger partial charge in [0.1, 0.15) is 11.9 Å². The van der Waals surface area contributed by atoms with E-state index in [4.69, 9.17) is 0 Å². The van der Waals surface area contributed by atoms with Crippen LogP contribution in [0.2, 0.25) is 0 Å². The van der Waals surface area contributed by atoms with E-state index in [0.717, 1.165) is 12.0 Å². The number of carbonyl (C=O) groups is 2. The van der Waals surface area contributed by atoms with Gasteiger partial charge in [0.25, 0.3) is 5.91 Å². The molecular weight excluding hydrogens is 259 g/mol. The molecule has 1 fully saturated rings. The van der Waals surface area contributed by atoms with Crippen molar-refractivity contribution in [2.45, 2.75) is 38.8 Å². The van der Waals surface area contributed by atoms with E-state index in [-0.39, 0.29) is 29.7 Å². The van der Waals surface area contributed by atoms with E-state index in [1.165, 1.54) is 11.0 Å². The SMILES string of the molecule is C[C@@H]1NC(=O)N([C@@H]2c3cccc(F)c3CC[C@H]2C)C1=O. The van der Waals surface area contributed by atoms with Crippen molar-refractivity contribution in [3.8, 4) is 0 Å². The van der Waals surface area contributed by atoms with Gasteiger partial charge in [0.15, 0.2) is 0 Å². The highest BCUT2D eigenvalue weighted by Gasteiger charge is 2.44. The minimum atomic E-state index is -0.506. The van der Waals surface area contributed by atoms with E-state index in [9.17, 15) is 14.0 Å². The maximum atomic E-state index is 13.9. The summed E-state index contributed by atoms with van der Waals surface area (Å²) in [6.07, 6.45) is 1.42. The Morgan fingerprint density at radius 2 is 2.05 bits per heavy atom. The lowest BCUT2D eigenvalue weighted by molar-refractivity contribution is -0.129. The molecule has 1 N–H and O–H groups in total. The molecular formula is C15H17FN2O2. The van der Waals surface area contributed by atoms with Crippen molar-refractivity contribution < 1.29 is 14.0 Å². The molecule has 5 heteroatoms. The lowest BCUT2D eigenvalue weighted by atomic mass is 9.79. The Morgan fingerprint density at radius 1 is 1.30 bits per heavy atom. The molecule has 1 aliphatic heterocycles. The highest BCUT2D eigenvalue weighted by molar-refractivity contribution is 6.04. The number of nitrogens with one attached hydrogen (secondary N) is 1. The van der Waals surface area contributed by atoms with Crippen LogP contribution in [-0.4, -0.2) is 22.9 Å². The van der Waals surface area contributed by atoms with E-state index in [1.807, 2.05) is 13.0 Å². The number of nitrogens with zero attached hydrogens (tertiary/aromatic N) is 1. The number of carbonyl (C=O) groups excluding carboxylic acids is 2. The van der Waals surface area contributed by atoms with Gasteiger partial charge in [0.2, 0.25) is 0 Å². The van der Waals surface area contributed by atoms with Crippen LogP contribution >= 0.6 is 0 Å². The van der Waals surface area contributed by atoms with Crippen LogP contribution in [0, 0.1) is 11.7 Å². The van der Waals surface area contributed by atoms with Crippen LogP contribution in [0.5, 0.6) is 0 Å². The lowest BCUT2D eigenvalue weighted by Crippen LogP contribution is -2.40. The quantitative estimate of drug-likeness (QED) is 0.801. The van der Waals surface area contributed by atoms with Gasteiger partial charge < -0.3 is 5.32 Å². The average Bonchev–Trinajstić information content (AvgIpc) is 2.65. The Labute approximate surface area is 117 Å². The first-order valence-electron chi connectivity index (χ1n) is 6.91. The molecule has 0 saturated carbocycles. The Balaban J connectivity index is 2.08. The van der Waals surface area contributed by atoms with Gasteiger partial charge in [-0.2, -0.15) is 0 Å². The van der Waals surface area contributed by atoms with Gasteiger partial charge in [-0.3, -0.25) is 9.69 Å². The molecule has 0 bridgehead atoms. The van der Waals surface area contributed by atoms with Gasteiger partial charge in [-0.1, -0.05) is 19.1 Å². The minimum Gasteiger partial charge on any atom is -0.326 e. The molecule has 3 rings (SSSR count). The van der Waals surface area contributed by atoms with Crippen LogP contribution in [0.4, 0.5) is 9.18 Å². The van der Waals surface area contributed by atoms with Crippen molar-refractivity contribution in [3.63, 3.8) is 0 Å². The third-order valence-electron chi connectivity index (χ3n) is 4.31. The maximum Gasteiger partial charge on any atom is 0.325 e. The Hall–Kier alpha value is -1.91.